The Morgan fingerprint density at radius 1 is 1.28 bits per heavy atom. The Kier molecular flexibility index (Phi) is 10.3. The molecule has 0 bridgehead atoms. The average molecular weight is 257 g/mol. The van der Waals surface area contributed by atoms with Gasteiger partial charge in [-0.2, -0.15) is 0 Å². The highest BCUT2D eigenvalue weighted by Gasteiger charge is 2.19. The van der Waals surface area contributed by atoms with Crippen molar-refractivity contribution in [3.8, 4) is 0 Å². The second-order valence-corrected chi connectivity index (χ2v) is 5.59. The van der Waals surface area contributed by atoms with E-state index in [9.17, 15) is 0 Å². The Balaban J connectivity index is 3.68. The van der Waals surface area contributed by atoms with E-state index in [0.29, 0.717) is 5.92 Å². The molecule has 1 N–H and O–H groups in total. The van der Waals surface area contributed by atoms with Crippen LogP contribution < -0.4 is 5.32 Å². The number of hydrogen-bond donors (Lipinski definition) is 1. The van der Waals surface area contributed by atoms with Crippen LogP contribution in [0.5, 0.6) is 0 Å². The molecule has 0 aromatic heterocycles. The van der Waals surface area contributed by atoms with Gasteiger partial charge in [-0.05, 0) is 30.7 Å². The van der Waals surface area contributed by atoms with Gasteiger partial charge in [-0.3, -0.25) is 0 Å². The van der Waals surface area contributed by atoms with E-state index in [-0.39, 0.29) is 5.41 Å². The van der Waals surface area contributed by atoms with Crippen LogP contribution in [0.4, 0.5) is 0 Å². The summed E-state index contributed by atoms with van der Waals surface area (Å²) in [5.74, 6) is 0.685. The first-order chi connectivity index (χ1) is 8.54. The van der Waals surface area contributed by atoms with E-state index in [1.165, 1.54) is 0 Å². The Bertz CT molecular complexity index is 207. The van der Waals surface area contributed by atoms with E-state index in [0.717, 1.165) is 45.8 Å². The molecule has 3 nitrogen and oxygen atoms in total. The number of ether oxygens (including phenoxy) is 2. The highest BCUT2D eigenvalue weighted by Crippen LogP contribution is 2.21. The molecule has 0 aliphatic carbocycles. The number of methoxy groups -OCH3 is 1. The lowest BCUT2D eigenvalue weighted by Crippen LogP contribution is -2.33. The van der Waals surface area contributed by atoms with Crippen molar-refractivity contribution in [2.75, 3.05) is 40.0 Å². The van der Waals surface area contributed by atoms with Gasteiger partial charge in [0.25, 0.3) is 0 Å². The van der Waals surface area contributed by atoms with Crippen molar-refractivity contribution in [1.82, 2.24) is 5.32 Å². The molecule has 0 aliphatic heterocycles. The number of rotatable bonds is 12. The Labute approximate surface area is 113 Å². The summed E-state index contributed by atoms with van der Waals surface area (Å²) in [6.07, 6.45) is 4.01. The molecule has 0 aromatic carbocycles. The molecule has 0 aromatic rings. The fourth-order valence-electron chi connectivity index (χ4n) is 1.62. The Hall–Kier alpha value is -0.380. The molecule has 18 heavy (non-hydrogen) atoms. The molecule has 0 amide bonds. The van der Waals surface area contributed by atoms with Gasteiger partial charge in [-0.1, -0.05) is 26.8 Å². The van der Waals surface area contributed by atoms with Crippen molar-refractivity contribution in [3.05, 3.63) is 12.7 Å². The van der Waals surface area contributed by atoms with E-state index in [1.54, 1.807) is 7.11 Å². The Morgan fingerprint density at radius 2 is 2.00 bits per heavy atom. The molecule has 1 atom stereocenters. The number of hydrogen-bond acceptors (Lipinski definition) is 3. The molecule has 0 aliphatic rings. The van der Waals surface area contributed by atoms with Gasteiger partial charge in [0.1, 0.15) is 0 Å². The fraction of sp³-hybridized carbons (Fsp3) is 0.867. The lowest BCUT2D eigenvalue weighted by molar-refractivity contribution is 0.0872. The summed E-state index contributed by atoms with van der Waals surface area (Å²) in [4.78, 5) is 0. The molecule has 0 rings (SSSR count). The zero-order chi connectivity index (χ0) is 13.9. The maximum atomic E-state index is 5.61. The first-order valence-corrected chi connectivity index (χ1v) is 6.95. The van der Waals surface area contributed by atoms with Gasteiger partial charge in [0, 0.05) is 33.5 Å². The molecule has 0 heterocycles. The van der Waals surface area contributed by atoms with E-state index in [1.807, 2.05) is 6.08 Å². The molecular formula is C15H31NO2. The fourth-order valence-corrected chi connectivity index (χ4v) is 1.62. The highest BCUT2D eigenvalue weighted by molar-refractivity contribution is 4.93. The minimum Gasteiger partial charge on any atom is -0.385 e. The van der Waals surface area contributed by atoms with Gasteiger partial charge in [-0.25, -0.2) is 0 Å². The zero-order valence-electron chi connectivity index (χ0n) is 12.6. The topological polar surface area (TPSA) is 30.5 Å². The highest BCUT2D eigenvalue weighted by atomic mass is 16.5. The second-order valence-electron chi connectivity index (χ2n) is 5.59. The van der Waals surface area contributed by atoms with Crippen LogP contribution >= 0.6 is 0 Å². The minimum absolute atomic E-state index is 0.121. The predicted molar refractivity (Wildman–Crippen MR) is 77.9 cm³/mol. The van der Waals surface area contributed by atoms with Crippen LogP contribution in [0.3, 0.4) is 0 Å². The third-order valence-electron chi connectivity index (χ3n) is 3.03. The SMILES string of the molecule is C=CC(C)(CCOCCCOC)CNCC(C)C. The summed E-state index contributed by atoms with van der Waals surface area (Å²) in [5, 5.41) is 3.49. The van der Waals surface area contributed by atoms with Crippen LogP contribution in [0.15, 0.2) is 12.7 Å². The molecule has 0 spiro atoms. The minimum atomic E-state index is 0.121. The molecule has 0 saturated heterocycles. The maximum absolute atomic E-state index is 5.61. The molecule has 0 saturated carbocycles. The summed E-state index contributed by atoms with van der Waals surface area (Å²) in [5.41, 5.74) is 0.121. The molecule has 108 valence electrons. The van der Waals surface area contributed by atoms with Crippen molar-refractivity contribution < 1.29 is 9.47 Å². The van der Waals surface area contributed by atoms with E-state index < -0.39 is 0 Å². The van der Waals surface area contributed by atoms with Gasteiger partial charge in [0.05, 0.1) is 0 Å². The summed E-state index contributed by atoms with van der Waals surface area (Å²) in [6, 6.07) is 0. The molecule has 0 radical (unpaired) electrons. The van der Waals surface area contributed by atoms with Gasteiger partial charge in [-0.15, -0.1) is 6.58 Å². The van der Waals surface area contributed by atoms with E-state index in [2.05, 4.69) is 32.7 Å². The third-order valence-corrected chi connectivity index (χ3v) is 3.03. The largest absolute Gasteiger partial charge is 0.385 e. The van der Waals surface area contributed by atoms with Crippen LogP contribution in [-0.2, 0) is 9.47 Å². The summed E-state index contributed by atoms with van der Waals surface area (Å²) < 4.78 is 10.6. The lowest BCUT2D eigenvalue weighted by Gasteiger charge is -2.26. The molecule has 0 fully saturated rings. The Morgan fingerprint density at radius 3 is 2.56 bits per heavy atom. The normalized spacial score (nSPS) is 14.7. The van der Waals surface area contributed by atoms with Crippen LogP contribution in [0.2, 0.25) is 0 Å². The number of nitrogens with one attached hydrogen (secondary N) is 1. The van der Waals surface area contributed by atoms with Gasteiger partial charge in [0.2, 0.25) is 0 Å². The summed E-state index contributed by atoms with van der Waals surface area (Å²) in [6.45, 7) is 15.0. The third kappa shape index (κ3) is 9.63. The molecular weight excluding hydrogens is 226 g/mol. The van der Waals surface area contributed by atoms with Crippen molar-refractivity contribution in [3.63, 3.8) is 0 Å². The molecule has 1 unspecified atom stereocenters. The summed E-state index contributed by atoms with van der Waals surface area (Å²) in [7, 11) is 1.72. The van der Waals surface area contributed by atoms with E-state index >= 15 is 0 Å². The van der Waals surface area contributed by atoms with E-state index in [4.69, 9.17) is 9.47 Å². The quantitative estimate of drug-likeness (QED) is 0.431. The van der Waals surface area contributed by atoms with Crippen LogP contribution in [-0.4, -0.2) is 40.0 Å². The monoisotopic (exact) mass is 257 g/mol. The second kappa shape index (κ2) is 10.5. The first kappa shape index (κ1) is 17.6. The van der Waals surface area contributed by atoms with Crippen LogP contribution in [0.1, 0.15) is 33.6 Å². The average Bonchev–Trinajstić information content (AvgIpc) is 2.33. The van der Waals surface area contributed by atoms with Crippen LogP contribution in [0.25, 0.3) is 0 Å². The van der Waals surface area contributed by atoms with Crippen molar-refractivity contribution >= 4 is 0 Å². The van der Waals surface area contributed by atoms with Gasteiger partial charge in [0.15, 0.2) is 0 Å². The van der Waals surface area contributed by atoms with Crippen molar-refractivity contribution in [2.45, 2.75) is 33.6 Å². The standard InChI is InChI=1S/C15H31NO2/c1-6-15(4,13-16-12-14(2)3)8-11-18-10-7-9-17-5/h6,14,16H,1,7-13H2,2-5H3. The first-order valence-electron chi connectivity index (χ1n) is 6.95. The van der Waals surface area contributed by atoms with Gasteiger partial charge < -0.3 is 14.8 Å². The van der Waals surface area contributed by atoms with Crippen LogP contribution in [0, 0.1) is 11.3 Å². The smallest absolute Gasteiger partial charge is 0.0487 e. The maximum Gasteiger partial charge on any atom is 0.0487 e. The van der Waals surface area contributed by atoms with Crippen molar-refractivity contribution in [1.29, 1.82) is 0 Å². The lowest BCUT2D eigenvalue weighted by atomic mass is 9.87. The predicted octanol–water partition coefficient (Wildman–Crippen LogP) is 2.87. The van der Waals surface area contributed by atoms with Crippen molar-refractivity contribution in [2.24, 2.45) is 11.3 Å². The summed E-state index contributed by atoms with van der Waals surface area (Å²) >= 11 is 0. The van der Waals surface area contributed by atoms with Gasteiger partial charge >= 0.3 is 0 Å². The molecule has 3 heteroatoms. The zero-order valence-corrected chi connectivity index (χ0v) is 12.6.